The summed E-state index contributed by atoms with van der Waals surface area (Å²) in [5, 5.41) is 22.6. The first kappa shape index (κ1) is 16.7. The largest absolute Gasteiger partial charge is 0.481 e. The van der Waals surface area contributed by atoms with Gasteiger partial charge in [-0.3, -0.25) is 4.79 Å². The molecular weight excluding hydrogens is 254 g/mol. The molecule has 1 rings (SSSR count). The summed E-state index contributed by atoms with van der Waals surface area (Å²) >= 11 is 0. The van der Waals surface area contributed by atoms with Gasteiger partial charge in [0.1, 0.15) is 0 Å². The number of hydrogen-bond donors (Lipinski definition) is 3. The summed E-state index contributed by atoms with van der Waals surface area (Å²) in [6, 6.07) is 7.15. The van der Waals surface area contributed by atoms with Crippen LogP contribution in [0.2, 0.25) is 0 Å². The van der Waals surface area contributed by atoms with Crippen LogP contribution in [0.5, 0.6) is 0 Å². The van der Waals surface area contributed by atoms with Crippen molar-refractivity contribution in [2.75, 3.05) is 0 Å². The second kappa shape index (κ2) is 6.86. The van der Waals surface area contributed by atoms with Gasteiger partial charge in [0, 0.05) is 11.6 Å². The van der Waals surface area contributed by atoms with E-state index in [0.29, 0.717) is 0 Å². The van der Waals surface area contributed by atoms with Gasteiger partial charge in [-0.1, -0.05) is 31.2 Å². The predicted molar refractivity (Wildman–Crippen MR) is 79.7 cm³/mol. The summed E-state index contributed by atoms with van der Waals surface area (Å²) in [6.45, 7) is 7.93. The van der Waals surface area contributed by atoms with Crippen molar-refractivity contribution in [1.29, 1.82) is 0 Å². The summed E-state index contributed by atoms with van der Waals surface area (Å²) in [7, 11) is 0. The molecule has 1 aromatic rings. The molecule has 0 aliphatic rings. The van der Waals surface area contributed by atoms with Crippen LogP contribution in [-0.2, 0) is 11.2 Å². The van der Waals surface area contributed by atoms with E-state index >= 15 is 0 Å². The Morgan fingerprint density at radius 1 is 1.25 bits per heavy atom. The van der Waals surface area contributed by atoms with Crippen molar-refractivity contribution in [1.82, 2.24) is 5.32 Å². The number of hydrogen-bond acceptors (Lipinski definition) is 3. The summed E-state index contributed by atoms with van der Waals surface area (Å²) in [6.07, 6.45) is -0.0143. The molecule has 4 heteroatoms. The van der Waals surface area contributed by atoms with E-state index in [9.17, 15) is 9.90 Å². The normalized spacial score (nSPS) is 14.8. The van der Waals surface area contributed by atoms with Gasteiger partial charge in [0.2, 0.25) is 0 Å². The molecule has 0 radical (unpaired) electrons. The lowest BCUT2D eigenvalue weighted by Crippen LogP contribution is -2.47. The summed E-state index contributed by atoms with van der Waals surface area (Å²) < 4.78 is 0. The van der Waals surface area contributed by atoms with Crippen molar-refractivity contribution < 1.29 is 15.0 Å². The number of carbonyl (C=O) groups is 1. The number of aliphatic hydroxyl groups excluding tert-OH is 1. The van der Waals surface area contributed by atoms with Crippen molar-refractivity contribution in [2.45, 2.75) is 58.2 Å². The smallest absolute Gasteiger partial charge is 0.305 e. The van der Waals surface area contributed by atoms with E-state index in [-0.39, 0.29) is 12.0 Å². The highest BCUT2D eigenvalue weighted by atomic mass is 16.4. The first-order chi connectivity index (χ1) is 9.23. The molecule has 0 heterocycles. The zero-order valence-electron chi connectivity index (χ0n) is 12.7. The lowest BCUT2D eigenvalue weighted by molar-refractivity contribution is -0.138. The van der Waals surface area contributed by atoms with Gasteiger partial charge in [0.05, 0.1) is 12.5 Å². The van der Waals surface area contributed by atoms with Crippen molar-refractivity contribution in [2.24, 2.45) is 0 Å². The van der Waals surface area contributed by atoms with Crippen molar-refractivity contribution in [3.05, 3.63) is 35.4 Å². The standard InChI is InChI=1S/C16H25NO3/c1-5-11-6-8-12(9-7-11)15(20)13(10-14(18)19)17-16(2,3)4/h6-9,13,15,17,20H,5,10H2,1-4H3,(H,18,19). The van der Waals surface area contributed by atoms with Gasteiger partial charge in [-0.2, -0.15) is 0 Å². The number of aryl methyl sites for hydroxylation is 1. The van der Waals surface area contributed by atoms with E-state index in [0.717, 1.165) is 12.0 Å². The molecule has 0 amide bonds. The minimum Gasteiger partial charge on any atom is -0.481 e. The highest BCUT2D eigenvalue weighted by Gasteiger charge is 2.27. The maximum Gasteiger partial charge on any atom is 0.305 e. The van der Waals surface area contributed by atoms with Gasteiger partial charge < -0.3 is 15.5 Å². The lowest BCUT2D eigenvalue weighted by Gasteiger charge is -2.31. The summed E-state index contributed by atoms with van der Waals surface area (Å²) in [5.41, 5.74) is 1.68. The number of benzene rings is 1. The Balaban J connectivity index is 2.90. The number of aliphatic carboxylic acids is 1. The average Bonchev–Trinajstić information content (AvgIpc) is 2.35. The predicted octanol–water partition coefficient (Wildman–Crippen LogP) is 2.51. The first-order valence-corrected chi connectivity index (χ1v) is 6.99. The molecule has 0 saturated heterocycles. The molecule has 20 heavy (non-hydrogen) atoms. The minimum atomic E-state index is -0.920. The third-order valence-corrected chi connectivity index (χ3v) is 3.12. The van der Waals surface area contributed by atoms with Crippen LogP contribution in [0.4, 0.5) is 0 Å². The monoisotopic (exact) mass is 279 g/mol. The van der Waals surface area contributed by atoms with Crippen LogP contribution in [0, 0.1) is 0 Å². The molecule has 0 aliphatic carbocycles. The Morgan fingerprint density at radius 3 is 2.20 bits per heavy atom. The van der Waals surface area contributed by atoms with E-state index in [1.165, 1.54) is 5.56 Å². The fraction of sp³-hybridized carbons (Fsp3) is 0.562. The zero-order valence-corrected chi connectivity index (χ0v) is 12.7. The van der Waals surface area contributed by atoms with Gasteiger partial charge in [0.25, 0.3) is 0 Å². The molecule has 3 N–H and O–H groups in total. The molecule has 4 nitrogen and oxygen atoms in total. The SMILES string of the molecule is CCc1ccc(C(O)C(CC(=O)O)NC(C)(C)C)cc1. The first-order valence-electron chi connectivity index (χ1n) is 6.99. The molecule has 0 bridgehead atoms. The fourth-order valence-corrected chi connectivity index (χ4v) is 2.17. The van der Waals surface area contributed by atoms with Gasteiger partial charge in [-0.05, 0) is 38.3 Å². The molecule has 0 aliphatic heterocycles. The van der Waals surface area contributed by atoms with Crippen LogP contribution in [0.25, 0.3) is 0 Å². The lowest BCUT2D eigenvalue weighted by atomic mass is 9.95. The molecule has 0 fully saturated rings. The van der Waals surface area contributed by atoms with Crippen LogP contribution >= 0.6 is 0 Å². The van der Waals surface area contributed by atoms with Gasteiger partial charge in [0.15, 0.2) is 0 Å². The maximum atomic E-state index is 11.0. The third kappa shape index (κ3) is 5.31. The quantitative estimate of drug-likeness (QED) is 0.748. The Morgan fingerprint density at radius 2 is 1.80 bits per heavy atom. The second-order valence-electron chi connectivity index (χ2n) is 6.14. The highest BCUT2D eigenvalue weighted by Crippen LogP contribution is 2.22. The molecule has 2 unspecified atom stereocenters. The fourth-order valence-electron chi connectivity index (χ4n) is 2.17. The zero-order chi connectivity index (χ0) is 15.3. The number of rotatable bonds is 6. The van der Waals surface area contributed by atoms with Crippen molar-refractivity contribution in [3.63, 3.8) is 0 Å². The Hall–Kier alpha value is -1.39. The molecule has 2 atom stereocenters. The van der Waals surface area contributed by atoms with E-state index in [1.807, 2.05) is 45.0 Å². The Kier molecular flexibility index (Phi) is 5.72. The Bertz CT molecular complexity index is 434. The molecule has 0 saturated carbocycles. The number of carboxylic acid groups (broad SMARTS) is 1. The number of nitrogens with one attached hydrogen (secondary N) is 1. The third-order valence-electron chi connectivity index (χ3n) is 3.12. The minimum absolute atomic E-state index is 0.117. The average molecular weight is 279 g/mol. The van der Waals surface area contributed by atoms with Crippen LogP contribution in [0.15, 0.2) is 24.3 Å². The van der Waals surface area contributed by atoms with Crippen LogP contribution in [0.3, 0.4) is 0 Å². The number of carboxylic acids is 1. The van der Waals surface area contributed by atoms with E-state index in [1.54, 1.807) is 0 Å². The second-order valence-corrected chi connectivity index (χ2v) is 6.14. The summed E-state index contributed by atoms with van der Waals surface area (Å²) in [5.74, 6) is -0.920. The highest BCUT2D eigenvalue weighted by molar-refractivity contribution is 5.67. The van der Waals surface area contributed by atoms with E-state index < -0.39 is 18.1 Å². The van der Waals surface area contributed by atoms with E-state index in [4.69, 9.17) is 5.11 Å². The Labute approximate surface area is 120 Å². The molecule has 112 valence electrons. The van der Waals surface area contributed by atoms with Gasteiger partial charge in [-0.25, -0.2) is 0 Å². The van der Waals surface area contributed by atoms with Crippen LogP contribution in [-0.4, -0.2) is 27.8 Å². The summed E-state index contributed by atoms with van der Waals surface area (Å²) in [4.78, 5) is 11.0. The van der Waals surface area contributed by atoms with Crippen molar-refractivity contribution in [3.8, 4) is 0 Å². The van der Waals surface area contributed by atoms with Crippen LogP contribution in [0.1, 0.15) is 51.3 Å². The van der Waals surface area contributed by atoms with E-state index in [2.05, 4.69) is 12.2 Å². The van der Waals surface area contributed by atoms with Crippen molar-refractivity contribution >= 4 is 5.97 Å². The van der Waals surface area contributed by atoms with Gasteiger partial charge in [-0.15, -0.1) is 0 Å². The molecule has 0 spiro atoms. The van der Waals surface area contributed by atoms with Gasteiger partial charge >= 0.3 is 5.97 Å². The molecule has 1 aromatic carbocycles. The number of aliphatic hydroxyl groups is 1. The maximum absolute atomic E-state index is 11.0. The molecule has 0 aromatic heterocycles. The van der Waals surface area contributed by atoms with Crippen LogP contribution < -0.4 is 5.32 Å². The topological polar surface area (TPSA) is 69.6 Å². The molecular formula is C16H25NO3.